The lowest BCUT2D eigenvalue weighted by atomic mass is 9.96. The second kappa shape index (κ2) is 10.2. The first-order valence-corrected chi connectivity index (χ1v) is 11.1. The zero-order valence-electron chi connectivity index (χ0n) is 19.8. The van der Waals surface area contributed by atoms with Crippen molar-refractivity contribution in [3.8, 4) is 11.5 Å². The van der Waals surface area contributed by atoms with E-state index in [9.17, 15) is 4.79 Å². The molecule has 34 heavy (non-hydrogen) atoms. The highest BCUT2D eigenvalue weighted by molar-refractivity contribution is 6.13. The van der Waals surface area contributed by atoms with Crippen molar-refractivity contribution in [3.63, 3.8) is 0 Å². The van der Waals surface area contributed by atoms with Crippen LogP contribution in [0.4, 0.5) is 0 Å². The van der Waals surface area contributed by atoms with Gasteiger partial charge in [0.05, 0.1) is 25.3 Å². The number of carbonyl (C=O) groups is 1. The van der Waals surface area contributed by atoms with Crippen molar-refractivity contribution in [1.29, 1.82) is 0 Å². The minimum absolute atomic E-state index is 0.121. The van der Waals surface area contributed by atoms with Gasteiger partial charge in [-0.1, -0.05) is 60.2 Å². The van der Waals surface area contributed by atoms with E-state index < -0.39 is 0 Å². The Kier molecular flexibility index (Phi) is 6.88. The molecule has 1 heterocycles. The molecule has 0 amide bonds. The Hall–Kier alpha value is -4.18. The van der Waals surface area contributed by atoms with E-state index in [1.54, 1.807) is 26.4 Å². The maximum Gasteiger partial charge on any atom is 0.188 e. The Balaban J connectivity index is 1.79. The number of para-hydroxylation sites is 1. The predicted molar refractivity (Wildman–Crippen MR) is 139 cm³/mol. The lowest BCUT2D eigenvalue weighted by Gasteiger charge is -2.11. The van der Waals surface area contributed by atoms with Crippen molar-refractivity contribution < 1.29 is 14.3 Å². The number of hydrogen-bond donors (Lipinski definition) is 0. The number of hydrogen-bond acceptors (Lipinski definition) is 4. The van der Waals surface area contributed by atoms with Crippen LogP contribution in [-0.4, -0.2) is 25.0 Å². The molecule has 0 aliphatic carbocycles. The minimum Gasteiger partial charge on any atom is -0.497 e. The number of fused-ring (bicyclic) bond motifs is 1. The van der Waals surface area contributed by atoms with E-state index in [0.717, 1.165) is 27.6 Å². The van der Waals surface area contributed by atoms with Crippen LogP contribution in [-0.2, 0) is 0 Å². The zero-order valence-corrected chi connectivity index (χ0v) is 19.8. The summed E-state index contributed by atoms with van der Waals surface area (Å²) in [6.45, 7) is 3.94. The van der Waals surface area contributed by atoms with Crippen molar-refractivity contribution in [2.75, 3.05) is 14.2 Å². The van der Waals surface area contributed by atoms with Crippen molar-refractivity contribution in [2.45, 2.75) is 13.8 Å². The number of pyridine rings is 1. The fourth-order valence-corrected chi connectivity index (χ4v) is 3.92. The van der Waals surface area contributed by atoms with Gasteiger partial charge in [-0.25, -0.2) is 0 Å². The summed E-state index contributed by atoms with van der Waals surface area (Å²) in [5, 5.41) is 0.937. The summed E-state index contributed by atoms with van der Waals surface area (Å²) in [5.74, 6) is 1.24. The van der Waals surface area contributed by atoms with E-state index in [0.29, 0.717) is 22.8 Å². The number of ether oxygens (including phenoxy) is 2. The highest BCUT2D eigenvalue weighted by Crippen LogP contribution is 2.28. The third-order valence-corrected chi connectivity index (χ3v) is 5.73. The summed E-state index contributed by atoms with van der Waals surface area (Å²) in [5.41, 5.74) is 6.03. The lowest BCUT2D eigenvalue weighted by Crippen LogP contribution is -2.05. The number of ketones is 1. The van der Waals surface area contributed by atoms with E-state index in [1.807, 2.05) is 61.5 Å². The number of rotatable bonds is 7. The predicted octanol–water partition coefficient (Wildman–Crippen LogP) is 6.94. The molecule has 4 heteroatoms. The molecule has 170 valence electrons. The Labute approximate surface area is 200 Å². The largest absolute Gasteiger partial charge is 0.497 e. The molecule has 0 atom stereocenters. The van der Waals surface area contributed by atoms with Gasteiger partial charge in [0.1, 0.15) is 11.5 Å². The summed E-state index contributed by atoms with van der Waals surface area (Å²) in [7, 11) is 3.21. The number of nitrogens with zero attached hydrogens (tertiary/aromatic N) is 1. The number of methoxy groups -OCH3 is 2. The van der Waals surface area contributed by atoms with Crippen LogP contribution in [0.25, 0.3) is 29.1 Å². The molecule has 4 aromatic rings. The van der Waals surface area contributed by atoms with E-state index in [1.165, 1.54) is 5.56 Å². The van der Waals surface area contributed by atoms with E-state index >= 15 is 0 Å². The van der Waals surface area contributed by atoms with Crippen LogP contribution in [0, 0.1) is 13.8 Å². The van der Waals surface area contributed by atoms with Crippen LogP contribution in [0.2, 0.25) is 0 Å². The average molecular weight is 450 g/mol. The Morgan fingerprint density at radius 3 is 2.35 bits per heavy atom. The number of allylic oxidation sites excluding steroid dienone is 1. The van der Waals surface area contributed by atoms with E-state index in [4.69, 9.17) is 14.5 Å². The first-order chi connectivity index (χ1) is 16.5. The summed E-state index contributed by atoms with van der Waals surface area (Å²) in [6, 6.07) is 21.7. The molecule has 1 aromatic heterocycles. The van der Waals surface area contributed by atoms with Gasteiger partial charge < -0.3 is 9.47 Å². The normalized spacial score (nSPS) is 11.4. The SMILES string of the molecule is COc1ccc(OC)c(/C=C/C(=O)c2c(C)nc3ccccc3c2/C=C/c2ccc(C)cc2)c1. The highest BCUT2D eigenvalue weighted by atomic mass is 16.5. The molecular weight excluding hydrogens is 422 g/mol. The summed E-state index contributed by atoms with van der Waals surface area (Å²) in [6.07, 6.45) is 7.37. The minimum atomic E-state index is -0.121. The first kappa shape index (κ1) is 23.0. The van der Waals surface area contributed by atoms with Crippen LogP contribution >= 0.6 is 0 Å². The molecule has 0 bridgehead atoms. The molecule has 0 aliphatic rings. The van der Waals surface area contributed by atoms with E-state index in [2.05, 4.69) is 31.2 Å². The fourth-order valence-electron chi connectivity index (χ4n) is 3.92. The monoisotopic (exact) mass is 449 g/mol. The maximum absolute atomic E-state index is 13.5. The van der Waals surface area contributed by atoms with Gasteiger partial charge >= 0.3 is 0 Å². The molecule has 0 aliphatic heterocycles. The van der Waals surface area contributed by atoms with Crippen molar-refractivity contribution in [1.82, 2.24) is 4.98 Å². The smallest absolute Gasteiger partial charge is 0.188 e. The second-order valence-electron chi connectivity index (χ2n) is 8.05. The zero-order chi connectivity index (χ0) is 24.1. The van der Waals surface area contributed by atoms with Crippen molar-refractivity contribution >= 4 is 34.9 Å². The first-order valence-electron chi connectivity index (χ1n) is 11.1. The molecule has 0 fully saturated rings. The molecule has 0 spiro atoms. The second-order valence-corrected chi connectivity index (χ2v) is 8.05. The lowest BCUT2D eigenvalue weighted by molar-refractivity contribution is 0.104. The molecule has 4 nitrogen and oxygen atoms in total. The van der Waals surface area contributed by atoms with Crippen LogP contribution in [0.5, 0.6) is 11.5 Å². The molecule has 0 radical (unpaired) electrons. The molecule has 0 N–H and O–H groups in total. The van der Waals surface area contributed by atoms with Gasteiger partial charge in [-0.3, -0.25) is 9.78 Å². The molecular formula is C30H27NO3. The van der Waals surface area contributed by atoms with Crippen LogP contribution in [0.3, 0.4) is 0 Å². The van der Waals surface area contributed by atoms with Gasteiger partial charge in [0, 0.05) is 16.6 Å². The van der Waals surface area contributed by atoms with Crippen LogP contribution in [0.1, 0.15) is 38.3 Å². The number of benzene rings is 3. The third kappa shape index (κ3) is 4.91. The standard InChI is InChI=1S/C30H27NO3/c1-20-9-11-22(12-10-20)13-16-26-25-7-5-6-8-27(25)31-21(2)30(26)28(32)17-14-23-19-24(33-3)15-18-29(23)34-4/h5-19H,1-4H3/b16-13+,17-14+. The van der Waals surface area contributed by atoms with E-state index in [-0.39, 0.29) is 5.78 Å². The highest BCUT2D eigenvalue weighted by Gasteiger charge is 2.16. The van der Waals surface area contributed by atoms with Crippen molar-refractivity contribution in [3.05, 3.63) is 106 Å². The summed E-state index contributed by atoms with van der Waals surface area (Å²) >= 11 is 0. The molecule has 0 saturated carbocycles. The quantitative estimate of drug-likeness (QED) is 0.227. The Bertz CT molecular complexity index is 1400. The van der Waals surface area contributed by atoms with Gasteiger partial charge in [-0.05, 0) is 61.4 Å². The van der Waals surface area contributed by atoms with Gasteiger partial charge in [0.15, 0.2) is 5.78 Å². The van der Waals surface area contributed by atoms with Crippen LogP contribution < -0.4 is 9.47 Å². The van der Waals surface area contributed by atoms with Gasteiger partial charge in [-0.2, -0.15) is 0 Å². The maximum atomic E-state index is 13.5. The molecule has 3 aromatic carbocycles. The number of carbonyl (C=O) groups excluding carboxylic acids is 1. The Morgan fingerprint density at radius 1 is 0.853 bits per heavy atom. The number of aromatic nitrogens is 1. The van der Waals surface area contributed by atoms with Gasteiger partial charge in [0.25, 0.3) is 0 Å². The fraction of sp³-hybridized carbons (Fsp3) is 0.133. The van der Waals surface area contributed by atoms with Gasteiger partial charge in [-0.15, -0.1) is 0 Å². The van der Waals surface area contributed by atoms with Crippen LogP contribution in [0.15, 0.2) is 72.8 Å². The number of aryl methyl sites for hydroxylation is 2. The van der Waals surface area contributed by atoms with Gasteiger partial charge in [0.2, 0.25) is 0 Å². The average Bonchev–Trinajstić information content (AvgIpc) is 2.86. The summed E-state index contributed by atoms with van der Waals surface area (Å²) in [4.78, 5) is 18.2. The summed E-state index contributed by atoms with van der Waals surface area (Å²) < 4.78 is 10.8. The Morgan fingerprint density at radius 2 is 1.62 bits per heavy atom. The molecule has 0 saturated heterocycles. The molecule has 4 rings (SSSR count). The molecule has 0 unspecified atom stereocenters. The topological polar surface area (TPSA) is 48.4 Å². The van der Waals surface area contributed by atoms with Crippen molar-refractivity contribution in [2.24, 2.45) is 0 Å². The third-order valence-electron chi connectivity index (χ3n) is 5.73.